The van der Waals surface area contributed by atoms with Gasteiger partial charge in [-0.2, -0.15) is 13.2 Å². The molecule has 1 amide bonds. The highest BCUT2D eigenvalue weighted by Gasteiger charge is 2.49. The lowest BCUT2D eigenvalue weighted by Gasteiger charge is -2.33. The Balaban J connectivity index is 1.82. The van der Waals surface area contributed by atoms with Crippen molar-refractivity contribution in [1.82, 2.24) is 15.3 Å². The number of piperazine rings is 1. The second kappa shape index (κ2) is 7.34. The number of alkyl halides is 3. The summed E-state index contributed by atoms with van der Waals surface area (Å²) in [6, 6.07) is 4.80. The lowest BCUT2D eigenvalue weighted by molar-refractivity contribution is -0.206. The molecule has 0 radical (unpaired) electrons. The van der Waals surface area contributed by atoms with E-state index in [1.807, 2.05) is 11.8 Å². The minimum absolute atomic E-state index is 0.143. The smallest absolute Gasteiger partial charge is 0.430 e. The molecule has 2 aromatic rings. The Bertz CT molecular complexity index is 956. The number of carbonyl (C=O) groups excluding carboxylic acids is 1. The zero-order valence-corrected chi connectivity index (χ0v) is 16.0. The third-order valence-corrected chi connectivity index (χ3v) is 4.96. The first-order chi connectivity index (χ1) is 13.7. The van der Waals surface area contributed by atoms with Crippen molar-refractivity contribution in [3.05, 3.63) is 35.0 Å². The van der Waals surface area contributed by atoms with Gasteiger partial charge < -0.3 is 15.0 Å². The maximum absolute atomic E-state index is 13.6. The number of hydrogen-bond acceptors (Lipinski definition) is 6. The SMILES string of the molecule is C[C@H]1CN(c2cc(Cl)cc(-c3ccnc4c3[C@H](C(F)(F)F)OC(=O)N4)n2)CCN1. The van der Waals surface area contributed by atoms with Gasteiger partial charge in [-0.05, 0) is 25.1 Å². The van der Waals surface area contributed by atoms with Crippen LogP contribution in [0.25, 0.3) is 11.3 Å². The van der Waals surface area contributed by atoms with E-state index in [2.05, 4.69) is 25.3 Å². The number of hydrogen-bond donors (Lipinski definition) is 2. The van der Waals surface area contributed by atoms with Crippen LogP contribution in [0.3, 0.4) is 0 Å². The van der Waals surface area contributed by atoms with Crippen LogP contribution in [0.2, 0.25) is 5.02 Å². The summed E-state index contributed by atoms with van der Waals surface area (Å²) in [5.74, 6) is 0.357. The topological polar surface area (TPSA) is 79.4 Å². The van der Waals surface area contributed by atoms with E-state index in [0.29, 0.717) is 23.9 Å². The number of fused-ring (bicyclic) bond motifs is 1. The minimum Gasteiger partial charge on any atom is -0.431 e. The zero-order valence-electron chi connectivity index (χ0n) is 15.3. The predicted molar refractivity (Wildman–Crippen MR) is 101 cm³/mol. The largest absolute Gasteiger partial charge is 0.431 e. The van der Waals surface area contributed by atoms with Gasteiger partial charge in [0, 0.05) is 42.5 Å². The molecule has 0 spiro atoms. The van der Waals surface area contributed by atoms with Gasteiger partial charge in [-0.3, -0.25) is 5.32 Å². The zero-order chi connectivity index (χ0) is 20.8. The van der Waals surface area contributed by atoms with E-state index in [0.717, 1.165) is 6.54 Å². The fourth-order valence-electron chi connectivity index (χ4n) is 3.51. The number of nitrogens with one attached hydrogen (secondary N) is 2. The van der Waals surface area contributed by atoms with Crippen molar-refractivity contribution in [3.8, 4) is 11.3 Å². The molecule has 29 heavy (non-hydrogen) atoms. The van der Waals surface area contributed by atoms with Gasteiger partial charge in [0.15, 0.2) is 0 Å². The fraction of sp³-hybridized carbons (Fsp3) is 0.389. The van der Waals surface area contributed by atoms with E-state index >= 15 is 0 Å². The standard InChI is InChI=1S/C18H17ClF3N5O2/c1-9-8-27(5-4-23-9)13-7-10(19)6-12(25-13)11-2-3-24-16-14(11)15(18(20,21)22)29-17(28)26-16/h2-3,6-7,9,15,23H,4-5,8H2,1H3,(H,24,26,28)/t9-,15+/m0/s1. The number of nitrogens with zero attached hydrogens (tertiary/aromatic N) is 3. The van der Waals surface area contributed by atoms with Crippen LogP contribution in [0.4, 0.5) is 29.6 Å². The number of carbonyl (C=O) groups is 1. The summed E-state index contributed by atoms with van der Waals surface area (Å²) in [5, 5.41) is 5.88. The number of rotatable bonds is 2. The molecule has 1 saturated heterocycles. The van der Waals surface area contributed by atoms with Crippen LogP contribution in [0, 0.1) is 0 Å². The van der Waals surface area contributed by atoms with Crippen molar-refractivity contribution in [3.63, 3.8) is 0 Å². The first kappa shape index (κ1) is 19.7. The molecule has 0 bridgehead atoms. The van der Waals surface area contributed by atoms with Gasteiger partial charge in [0.2, 0.25) is 6.10 Å². The average molecular weight is 428 g/mol. The molecule has 1 fully saturated rings. The maximum Gasteiger partial charge on any atom is 0.430 e. The Morgan fingerprint density at radius 3 is 2.86 bits per heavy atom. The van der Waals surface area contributed by atoms with E-state index < -0.39 is 18.4 Å². The third-order valence-electron chi connectivity index (χ3n) is 4.74. The van der Waals surface area contributed by atoms with E-state index in [1.165, 1.54) is 18.3 Å². The van der Waals surface area contributed by atoms with E-state index in [9.17, 15) is 18.0 Å². The molecule has 4 rings (SSSR count). The van der Waals surface area contributed by atoms with Crippen molar-refractivity contribution < 1.29 is 22.7 Å². The average Bonchev–Trinajstić information content (AvgIpc) is 2.65. The first-order valence-corrected chi connectivity index (χ1v) is 9.29. The molecule has 11 heteroatoms. The Labute approximate surface area is 169 Å². The van der Waals surface area contributed by atoms with Crippen LogP contribution in [0.5, 0.6) is 0 Å². The lowest BCUT2D eigenvalue weighted by atomic mass is 9.99. The second-order valence-electron chi connectivity index (χ2n) is 6.90. The molecule has 154 valence electrons. The number of anilines is 2. The number of pyridine rings is 2. The quantitative estimate of drug-likeness (QED) is 0.759. The van der Waals surface area contributed by atoms with Crippen molar-refractivity contribution in [2.45, 2.75) is 25.2 Å². The van der Waals surface area contributed by atoms with Crippen LogP contribution in [0.15, 0.2) is 24.4 Å². The van der Waals surface area contributed by atoms with Crippen molar-refractivity contribution in [2.75, 3.05) is 29.9 Å². The highest BCUT2D eigenvalue weighted by Crippen LogP contribution is 2.45. The molecule has 2 aliphatic rings. The molecule has 2 aromatic heterocycles. The van der Waals surface area contributed by atoms with Gasteiger partial charge in [-0.15, -0.1) is 0 Å². The molecule has 2 N–H and O–H groups in total. The second-order valence-corrected chi connectivity index (χ2v) is 7.34. The van der Waals surface area contributed by atoms with Gasteiger partial charge in [0.25, 0.3) is 0 Å². The Morgan fingerprint density at radius 2 is 2.14 bits per heavy atom. The number of cyclic esters (lactones) is 1. The Hall–Kier alpha value is -2.59. The van der Waals surface area contributed by atoms with Crippen LogP contribution in [-0.2, 0) is 4.74 Å². The molecule has 4 heterocycles. The van der Waals surface area contributed by atoms with Gasteiger partial charge in [0.05, 0.1) is 11.3 Å². The molecule has 0 aliphatic carbocycles. The number of halogens is 4. The molecular formula is C18H17ClF3N5O2. The van der Waals surface area contributed by atoms with E-state index in [1.54, 1.807) is 6.07 Å². The molecule has 2 aliphatic heterocycles. The van der Waals surface area contributed by atoms with Crippen LogP contribution in [-0.4, -0.2) is 47.9 Å². The number of ether oxygens (including phenoxy) is 1. The van der Waals surface area contributed by atoms with Crippen molar-refractivity contribution in [1.29, 1.82) is 0 Å². The molecule has 0 saturated carbocycles. The summed E-state index contributed by atoms with van der Waals surface area (Å²) in [5.41, 5.74) is 0.0876. The predicted octanol–water partition coefficient (Wildman–Crippen LogP) is 3.76. The van der Waals surface area contributed by atoms with Crippen LogP contribution in [0.1, 0.15) is 18.6 Å². The van der Waals surface area contributed by atoms with Crippen LogP contribution >= 0.6 is 11.6 Å². The summed E-state index contributed by atoms with van der Waals surface area (Å²) < 4.78 is 45.3. The summed E-state index contributed by atoms with van der Waals surface area (Å²) in [4.78, 5) is 22.0. The Kier molecular flexibility index (Phi) is 4.99. The molecule has 7 nitrogen and oxygen atoms in total. The highest BCUT2D eigenvalue weighted by atomic mass is 35.5. The van der Waals surface area contributed by atoms with Crippen molar-refractivity contribution in [2.24, 2.45) is 0 Å². The summed E-state index contributed by atoms with van der Waals surface area (Å²) in [6.07, 6.45) is -7.15. The number of amides is 1. The molecule has 2 atom stereocenters. The summed E-state index contributed by atoms with van der Waals surface area (Å²) in [6.45, 7) is 4.16. The van der Waals surface area contributed by atoms with Gasteiger partial charge in [0.1, 0.15) is 11.6 Å². The highest BCUT2D eigenvalue weighted by molar-refractivity contribution is 6.31. The first-order valence-electron chi connectivity index (χ1n) is 8.92. The molecule has 0 unspecified atom stereocenters. The van der Waals surface area contributed by atoms with Gasteiger partial charge >= 0.3 is 12.3 Å². The van der Waals surface area contributed by atoms with Gasteiger partial charge in [-0.25, -0.2) is 14.8 Å². The fourth-order valence-corrected chi connectivity index (χ4v) is 3.71. The van der Waals surface area contributed by atoms with Crippen molar-refractivity contribution >= 4 is 29.3 Å². The van der Waals surface area contributed by atoms with Crippen LogP contribution < -0.4 is 15.5 Å². The monoisotopic (exact) mass is 427 g/mol. The summed E-state index contributed by atoms with van der Waals surface area (Å²) >= 11 is 6.27. The summed E-state index contributed by atoms with van der Waals surface area (Å²) in [7, 11) is 0. The molecular weight excluding hydrogens is 411 g/mol. The number of aromatic nitrogens is 2. The van der Waals surface area contributed by atoms with Gasteiger partial charge in [-0.1, -0.05) is 11.6 Å². The molecule has 0 aromatic carbocycles. The lowest BCUT2D eigenvalue weighted by Crippen LogP contribution is -2.49. The van der Waals surface area contributed by atoms with E-state index in [-0.39, 0.29) is 28.7 Å². The normalized spacial score (nSPS) is 22.0. The third kappa shape index (κ3) is 3.95. The minimum atomic E-state index is -4.81. The Morgan fingerprint density at radius 1 is 1.34 bits per heavy atom. The van der Waals surface area contributed by atoms with E-state index in [4.69, 9.17) is 11.6 Å². The maximum atomic E-state index is 13.6.